The molecular weight excluding hydrogens is 454 g/mol. The molecule has 8 nitrogen and oxygen atoms in total. The molecule has 0 aliphatic heterocycles. The van der Waals surface area contributed by atoms with Crippen molar-refractivity contribution in [2.24, 2.45) is 7.05 Å². The first-order valence-corrected chi connectivity index (χ1v) is 9.86. The van der Waals surface area contributed by atoms with E-state index in [-0.39, 0.29) is 5.69 Å². The fourth-order valence-electron chi connectivity index (χ4n) is 3.72. The van der Waals surface area contributed by atoms with Crippen LogP contribution in [-0.4, -0.2) is 30.1 Å². The van der Waals surface area contributed by atoms with Crippen LogP contribution < -0.4 is 11.1 Å². The third-order valence-corrected chi connectivity index (χ3v) is 5.35. The van der Waals surface area contributed by atoms with Crippen LogP contribution in [0.25, 0.3) is 27.8 Å². The highest BCUT2D eigenvalue weighted by Gasteiger charge is 2.31. The number of aromatic nitrogens is 5. The number of benzene rings is 1. The van der Waals surface area contributed by atoms with Crippen molar-refractivity contribution < 1.29 is 22.4 Å². The number of fused-ring (bicyclic) bond motifs is 2. The molecule has 0 aliphatic carbocycles. The number of nitrogens with one attached hydrogen (secondary N) is 1. The number of nitrogen functional groups attached to an aromatic ring is 1. The van der Waals surface area contributed by atoms with Crippen molar-refractivity contribution in [2.75, 3.05) is 11.1 Å². The minimum absolute atomic E-state index is 0.00502. The number of hydrogen-bond donors (Lipinski definition) is 2. The van der Waals surface area contributed by atoms with Gasteiger partial charge in [-0.2, -0.15) is 18.3 Å². The molecule has 1 aromatic carbocycles. The van der Waals surface area contributed by atoms with Gasteiger partial charge in [0.2, 0.25) is 0 Å². The van der Waals surface area contributed by atoms with Gasteiger partial charge in [0, 0.05) is 25.0 Å². The summed E-state index contributed by atoms with van der Waals surface area (Å²) in [7, 11) is 1.77. The Morgan fingerprint density at radius 3 is 2.68 bits per heavy atom. The number of imidazole rings is 1. The summed E-state index contributed by atoms with van der Waals surface area (Å²) in [4.78, 5) is 21.0. The molecule has 0 unspecified atom stereocenters. The van der Waals surface area contributed by atoms with E-state index in [9.17, 15) is 22.4 Å². The standard InChI is InChI=1S/C22H15F4N7O/c1-32-15-4-6-28-20(27)18(15)19(31-32)11-5-7-33-16(10-29-17(33)8-11)21(34)30-14-9-12(22(24,25)26)2-3-13(14)23/h2-10H,1H3,(H2,27,28)(H,30,34). The van der Waals surface area contributed by atoms with Crippen LogP contribution in [0.15, 0.2) is 55.0 Å². The van der Waals surface area contributed by atoms with Crippen molar-refractivity contribution in [3.05, 3.63) is 72.1 Å². The number of halogens is 4. The lowest BCUT2D eigenvalue weighted by Gasteiger charge is -2.11. The summed E-state index contributed by atoms with van der Waals surface area (Å²) >= 11 is 0. The minimum atomic E-state index is -4.68. The van der Waals surface area contributed by atoms with Gasteiger partial charge in [-0.25, -0.2) is 14.4 Å². The molecule has 12 heteroatoms. The lowest BCUT2D eigenvalue weighted by Crippen LogP contribution is -2.16. The maximum Gasteiger partial charge on any atom is 0.416 e. The molecule has 172 valence electrons. The van der Waals surface area contributed by atoms with Crippen LogP contribution in [0.2, 0.25) is 0 Å². The molecule has 5 aromatic rings. The normalized spacial score (nSPS) is 11.9. The average Bonchev–Trinajstić information content (AvgIpc) is 3.36. The molecule has 3 N–H and O–H groups in total. The first kappa shape index (κ1) is 21.4. The van der Waals surface area contributed by atoms with Gasteiger partial charge in [0.05, 0.1) is 28.4 Å². The third kappa shape index (κ3) is 3.49. The zero-order valence-electron chi connectivity index (χ0n) is 17.4. The molecule has 0 saturated heterocycles. The smallest absolute Gasteiger partial charge is 0.383 e. The molecule has 4 heterocycles. The second-order valence-corrected chi connectivity index (χ2v) is 7.50. The molecule has 0 bridgehead atoms. The Bertz CT molecular complexity index is 1590. The van der Waals surface area contributed by atoms with Crippen LogP contribution in [0.5, 0.6) is 0 Å². The maximum absolute atomic E-state index is 14.0. The topological polar surface area (TPSA) is 103 Å². The van der Waals surface area contributed by atoms with E-state index in [0.29, 0.717) is 46.3 Å². The molecular formula is C22H15F4N7O. The maximum atomic E-state index is 14.0. The predicted molar refractivity (Wildman–Crippen MR) is 116 cm³/mol. The van der Waals surface area contributed by atoms with Gasteiger partial charge < -0.3 is 11.1 Å². The summed E-state index contributed by atoms with van der Waals surface area (Å²) in [5, 5.41) is 7.36. The number of anilines is 2. The van der Waals surface area contributed by atoms with Crippen LogP contribution in [0, 0.1) is 5.82 Å². The number of nitrogens with zero attached hydrogens (tertiary/aromatic N) is 5. The molecule has 0 saturated carbocycles. The number of amides is 1. The van der Waals surface area contributed by atoms with Crippen molar-refractivity contribution in [3.8, 4) is 11.3 Å². The quantitative estimate of drug-likeness (QED) is 0.384. The number of rotatable bonds is 3. The number of nitrogens with two attached hydrogens (primary N) is 1. The SMILES string of the molecule is Cn1nc(-c2ccn3c(C(=O)Nc4cc(C(F)(F)F)ccc4F)cnc3c2)c2c(N)nccc21. The number of hydrogen-bond acceptors (Lipinski definition) is 5. The van der Waals surface area contributed by atoms with Crippen molar-refractivity contribution >= 4 is 34.0 Å². The fourth-order valence-corrected chi connectivity index (χ4v) is 3.72. The fraction of sp³-hybridized carbons (Fsp3) is 0.0909. The molecule has 0 aliphatic rings. The lowest BCUT2D eigenvalue weighted by molar-refractivity contribution is -0.137. The molecule has 0 fully saturated rings. The highest BCUT2D eigenvalue weighted by atomic mass is 19.4. The highest BCUT2D eigenvalue weighted by molar-refractivity contribution is 6.04. The van der Waals surface area contributed by atoms with Crippen LogP contribution in [0.3, 0.4) is 0 Å². The monoisotopic (exact) mass is 469 g/mol. The van der Waals surface area contributed by atoms with Gasteiger partial charge in [-0.15, -0.1) is 0 Å². The van der Waals surface area contributed by atoms with Crippen LogP contribution in [-0.2, 0) is 13.2 Å². The van der Waals surface area contributed by atoms with Gasteiger partial charge in [-0.05, 0) is 36.4 Å². The predicted octanol–water partition coefficient (Wildman–Crippen LogP) is 4.28. The van der Waals surface area contributed by atoms with Crippen molar-refractivity contribution in [1.29, 1.82) is 0 Å². The van der Waals surface area contributed by atoms with Crippen molar-refractivity contribution in [2.45, 2.75) is 6.18 Å². The molecule has 34 heavy (non-hydrogen) atoms. The van der Waals surface area contributed by atoms with E-state index in [1.165, 1.54) is 10.6 Å². The molecule has 0 radical (unpaired) electrons. The number of pyridine rings is 2. The Labute approximate surface area is 188 Å². The highest BCUT2D eigenvalue weighted by Crippen LogP contribution is 2.33. The number of carbonyl (C=O) groups is 1. The number of alkyl halides is 3. The van der Waals surface area contributed by atoms with Gasteiger partial charge in [0.15, 0.2) is 0 Å². The number of carbonyl (C=O) groups excluding carboxylic acids is 1. The first-order valence-electron chi connectivity index (χ1n) is 9.86. The van der Waals surface area contributed by atoms with E-state index in [1.807, 2.05) is 0 Å². The molecule has 0 spiro atoms. The third-order valence-electron chi connectivity index (χ3n) is 5.35. The van der Waals surface area contributed by atoms with Gasteiger partial charge in [-0.1, -0.05) is 0 Å². The van der Waals surface area contributed by atoms with Crippen LogP contribution >= 0.6 is 0 Å². The van der Waals surface area contributed by atoms with Gasteiger partial charge in [0.25, 0.3) is 5.91 Å². The van der Waals surface area contributed by atoms with Crippen LogP contribution in [0.1, 0.15) is 16.1 Å². The Morgan fingerprint density at radius 1 is 1.12 bits per heavy atom. The Hall–Kier alpha value is -4.48. The zero-order valence-corrected chi connectivity index (χ0v) is 17.4. The molecule has 0 atom stereocenters. The summed E-state index contributed by atoms with van der Waals surface area (Å²) in [6, 6.07) is 6.94. The lowest BCUT2D eigenvalue weighted by atomic mass is 10.1. The summed E-state index contributed by atoms with van der Waals surface area (Å²) in [6.45, 7) is 0. The van der Waals surface area contributed by atoms with E-state index in [2.05, 4.69) is 20.4 Å². The molecule has 1 amide bonds. The van der Waals surface area contributed by atoms with Crippen molar-refractivity contribution in [1.82, 2.24) is 24.1 Å². The molecule has 5 rings (SSSR count). The Kier molecular flexibility index (Phi) is 4.74. The van der Waals surface area contributed by atoms with E-state index in [0.717, 1.165) is 5.52 Å². The van der Waals surface area contributed by atoms with E-state index < -0.39 is 29.2 Å². The Balaban J connectivity index is 1.51. The zero-order chi connectivity index (χ0) is 24.2. The average molecular weight is 469 g/mol. The van der Waals surface area contributed by atoms with Gasteiger partial charge in [0.1, 0.15) is 28.7 Å². The minimum Gasteiger partial charge on any atom is -0.383 e. The number of aryl methyl sites for hydroxylation is 1. The summed E-state index contributed by atoms with van der Waals surface area (Å²) in [5.74, 6) is -1.51. The molecule has 4 aromatic heterocycles. The second-order valence-electron chi connectivity index (χ2n) is 7.50. The van der Waals surface area contributed by atoms with E-state index >= 15 is 0 Å². The first-order chi connectivity index (χ1) is 16.1. The largest absolute Gasteiger partial charge is 0.416 e. The van der Waals surface area contributed by atoms with E-state index in [4.69, 9.17) is 5.73 Å². The summed E-state index contributed by atoms with van der Waals surface area (Å²) < 4.78 is 56.0. The van der Waals surface area contributed by atoms with Crippen LogP contribution in [0.4, 0.5) is 29.1 Å². The van der Waals surface area contributed by atoms with Gasteiger partial charge in [-0.3, -0.25) is 13.9 Å². The van der Waals surface area contributed by atoms with Gasteiger partial charge >= 0.3 is 6.18 Å². The second kappa shape index (κ2) is 7.54. The van der Waals surface area contributed by atoms with E-state index in [1.54, 1.807) is 42.3 Å². The Morgan fingerprint density at radius 2 is 1.91 bits per heavy atom. The van der Waals surface area contributed by atoms with Crippen molar-refractivity contribution in [3.63, 3.8) is 0 Å². The summed E-state index contributed by atoms with van der Waals surface area (Å²) in [5.41, 5.74) is 6.78. The summed E-state index contributed by atoms with van der Waals surface area (Å²) in [6.07, 6.45) is -0.297.